The summed E-state index contributed by atoms with van der Waals surface area (Å²) in [6.07, 6.45) is 6.68. The molecule has 0 saturated carbocycles. The van der Waals surface area contributed by atoms with E-state index in [1.165, 1.54) is 5.56 Å². The van der Waals surface area contributed by atoms with Gasteiger partial charge in [-0.25, -0.2) is 9.97 Å². The van der Waals surface area contributed by atoms with Gasteiger partial charge in [-0.2, -0.15) is 0 Å². The number of carbonyl (C=O) groups excluding carboxylic acids is 1. The van der Waals surface area contributed by atoms with E-state index < -0.39 is 5.60 Å². The summed E-state index contributed by atoms with van der Waals surface area (Å²) in [5.74, 6) is 0.635. The average molecular weight is 410 g/mol. The lowest BCUT2D eigenvalue weighted by Gasteiger charge is -2.40. The van der Waals surface area contributed by atoms with Gasteiger partial charge in [0.15, 0.2) is 5.60 Å². The van der Waals surface area contributed by atoms with Gasteiger partial charge in [-0.15, -0.1) is 0 Å². The predicted molar refractivity (Wildman–Crippen MR) is 116 cm³/mol. The molecule has 7 heteroatoms. The fraction of sp³-hybridized carbons (Fsp3) is 0.522. The second-order valence-corrected chi connectivity index (χ2v) is 8.33. The quantitative estimate of drug-likeness (QED) is 0.781. The first-order chi connectivity index (χ1) is 14.6. The van der Waals surface area contributed by atoms with Crippen molar-refractivity contribution < 1.29 is 9.90 Å². The Hall–Kier alpha value is -2.51. The first-order valence-electron chi connectivity index (χ1n) is 10.9. The van der Waals surface area contributed by atoms with E-state index in [9.17, 15) is 9.90 Å². The van der Waals surface area contributed by atoms with Crippen molar-refractivity contribution in [3.63, 3.8) is 0 Å². The largest absolute Gasteiger partial charge is 0.379 e. The van der Waals surface area contributed by atoms with E-state index in [0.29, 0.717) is 19.5 Å². The number of likely N-dealkylation sites (tertiary alicyclic amines) is 1. The molecule has 0 spiro atoms. The number of aromatic nitrogens is 2. The van der Waals surface area contributed by atoms with Gasteiger partial charge in [-0.3, -0.25) is 9.69 Å². The minimum atomic E-state index is -1.28. The highest BCUT2D eigenvalue weighted by molar-refractivity contribution is 5.86. The van der Waals surface area contributed by atoms with Gasteiger partial charge in [0.2, 0.25) is 5.95 Å². The van der Waals surface area contributed by atoms with E-state index in [1.54, 1.807) is 12.4 Å². The minimum absolute atomic E-state index is 0.114. The summed E-state index contributed by atoms with van der Waals surface area (Å²) in [5.41, 5.74) is -0.0666. The third kappa shape index (κ3) is 4.96. The molecule has 0 bridgehead atoms. The van der Waals surface area contributed by atoms with Gasteiger partial charge in [0.1, 0.15) is 0 Å². The number of nitrogens with zero attached hydrogens (tertiary/aromatic N) is 5. The molecule has 0 aliphatic carbocycles. The molecule has 2 saturated heterocycles. The van der Waals surface area contributed by atoms with Crippen molar-refractivity contribution in [1.82, 2.24) is 19.8 Å². The molecule has 160 valence electrons. The molecule has 2 aliphatic heterocycles. The lowest BCUT2D eigenvalue weighted by Crippen LogP contribution is -2.59. The Morgan fingerprint density at radius 1 is 0.933 bits per heavy atom. The molecule has 0 radical (unpaired) electrons. The number of amides is 1. The molecule has 1 atom stereocenters. The normalized spacial score (nSPS) is 23.4. The number of carbonyl (C=O) groups is 1. The van der Waals surface area contributed by atoms with Gasteiger partial charge in [-0.1, -0.05) is 30.3 Å². The Morgan fingerprint density at radius 3 is 2.53 bits per heavy atom. The van der Waals surface area contributed by atoms with Crippen molar-refractivity contribution in [1.29, 1.82) is 0 Å². The third-order valence-electron chi connectivity index (χ3n) is 6.13. The molecule has 2 aliphatic rings. The molecule has 30 heavy (non-hydrogen) atoms. The summed E-state index contributed by atoms with van der Waals surface area (Å²) in [7, 11) is 0. The third-order valence-corrected chi connectivity index (χ3v) is 6.13. The Morgan fingerprint density at radius 2 is 1.73 bits per heavy atom. The minimum Gasteiger partial charge on any atom is -0.379 e. The summed E-state index contributed by atoms with van der Waals surface area (Å²) in [6.45, 7) is 5.12. The second-order valence-electron chi connectivity index (χ2n) is 8.33. The Bertz CT molecular complexity index is 819. The monoisotopic (exact) mass is 409 g/mol. The summed E-state index contributed by atoms with van der Waals surface area (Å²) < 4.78 is 0. The molecule has 0 unspecified atom stereocenters. The molecule has 1 amide bonds. The molecular formula is C23H31N5O2. The van der Waals surface area contributed by atoms with Crippen LogP contribution in [0.15, 0.2) is 48.8 Å². The van der Waals surface area contributed by atoms with Crippen LogP contribution in [0.5, 0.6) is 0 Å². The van der Waals surface area contributed by atoms with Gasteiger partial charge in [0.05, 0.1) is 0 Å². The smallest absolute Gasteiger partial charge is 0.255 e. The number of anilines is 1. The summed E-state index contributed by atoms with van der Waals surface area (Å²) in [4.78, 5) is 28.1. The van der Waals surface area contributed by atoms with Crippen molar-refractivity contribution in [2.75, 3.05) is 50.7 Å². The van der Waals surface area contributed by atoms with Crippen LogP contribution >= 0.6 is 0 Å². The molecule has 7 nitrogen and oxygen atoms in total. The Kier molecular flexibility index (Phi) is 6.59. The zero-order valence-corrected chi connectivity index (χ0v) is 17.5. The second kappa shape index (κ2) is 9.53. The first-order valence-corrected chi connectivity index (χ1v) is 10.9. The van der Waals surface area contributed by atoms with E-state index >= 15 is 0 Å². The molecular weight excluding hydrogens is 378 g/mol. The van der Waals surface area contributed by atoms with Crippen molar-refractivity contribution in [2.24, 2.45) is 0 Å². The zero-order chi connectivity index (χ0) is 20.8. The van der Waals surface area contributed by atoms with Crippen LogP contribution in [0.2, 0.25) is 0 Å². The molecule has 2 fully saturated rings. The highest BCUT2D eigenvalue weighted by Crippen LogP contribution is 2.25. The maximum absolute atomic E-state index is 13.1. The molecule has 1 aromatic heterocycles. The maximum Gasteiger partial charge on any atom is 0.255 e. The van der Waals surface area contributed by atoms with Gasteiger partial charge in [-0.05, 0) is 37.3 Å². The molecule has 3 heterocycles. The fourth-order valence-electron chi connectivity index (χ4n) is 4.49. The van der Waals surface area contributed by atoms with E-state index in [-0.39, 0.29) is 5.91 Å². The SMILES string of the molecule is O=C1N(CCc2ccccc2)CCC[C@@]1(O)CN1CCCN(c2ncccn2)CC1. The Balaban J connectivity index is 1.34. The van der Waals surface area contributed by atoms with Crippen molar-refractivity contribution >= 4 is 11.9 Å². The van der Waals surface area contributed by atoms with Crippen molar-refractivity contribution in [3.8, 4) is 0 Å². The van der Waals surface area contributed by atoms with E-state index in [1.807, 2.05) is 29.2 Å². The number of hydrogen-bond donors (Lipinski definition) is 1. The number of piperidine rings is 1. The highest BCUT2D eigenvalue weighted by atomic mass is 16.3. The van der Waals surface area contributed by atoms with Crippen molar-refractivity contribution in [3.05, 3.63) is 54.4 Å². The van der Waals surface area contributed by atoms with E-state index in [4.69, 9.17) is 0 Å². The van der Waals surface area contributed by atoms with E-state index in [0.717, 1.165) is 57.9 Å². The molecule has 4 rings (SSSR count). The molecule has 1 N–H and O–H groups in total. The van der Waals surface area contributed by atoms with Gasteiger partial charge >= 0.3 is 0 Å². The number of rotatable bonds is 6. The standard InChI is InChI=1S/C23H31N5O2/c29-21-23(30,10-4-14-27(21)16-9-20-7-2-1-3-8-20)19-26-13-6-15-28(18-17-26)22-24-11-5-12-25-22/h1-3,5,7-8,11-12,30H,4,6,9-10,13-19H2/t23-/m1/s1. The van der Waals surface area contributed by atoms with Gasteiger partial charge < -0.3 is 14.9 Å². The zero-order valence-electron chi connectivity index (χ0n) is 17.5. The topological polar surface area (TPSA) is 72.8 Å². The molecule has 1 aromatic carbocycles. The van der Waals surface area contributed by atoms with Crippen molar-refractivity contribution in [2.45, 2.75) is 31.3 Å². The number of benzene rings is 1. The van der Waals surface area contributed by atoms with Crippen LogP contribution in [-0.4, -0.2) is 82.2 Å². The van der Waals surface area contributed by atoms with Crippen LogP contribution in [-0.2, 0) is 11.2 Å². The van der Waals surface area contributed by atoms with Crippen LogP contribution in [0.4, 0.5) is 5.95 Å². The summed E-state index contributed by atoms with van der Waals surface area (Å²) in [5, 5.41) is 11.3. The number of hydrogen-bond acceptors (Lipinski definition) is 6. The van der Waals surface area contributed by atoms with Crippen LogP contribution < -0.4 is 4.90 Å². The lowest BCUT2D eigenvalue weighted by molar-refractivity contribution is -0.159. The summed E-state index contributed by atoms with van der Waals surface area (Å²) in [6, 6.07) is 12.0. The van der Waals surface area contributed by atoms with E-state index in [2.05, 4.69) is 31.9 Å². The van der Waals surface area contributed by atoms with Crippen LogP contribution in [0, 0.1) is 0 Å². The highest BCUT2D eigenvalue weighted by Gasteiger charge is 2.43. The van der Waals surface area contributed by atoms with Crippen LogP contribution in [0.25, 0.3) is 0 Å². The maximum atomic E-state index is 13.1. The predicted octanol–water partition coefficient (Wildman–Crippen LogP) is 1.58. The number of β-amino-alcohol motifs (C(OH)–C–C–N with tert-alkyl or cyclic N) is 1. The fourth-order valence-corrected chi connectivity index (χ4v) is 4.49. The lowest BCUT2D eigenvalue weighted by atomic mass is 9.90. The van der Waals surface area contributed by atoms with Gasteiger partial charge in [0, 0.05) is 58.2 Å². The van der Waals surface area contributed by atoms with Crippen LogP contribution in [0.1, 0.15) is 24.8 Å². The number of aliphatic hydroxyl groups is 1. The Labute approximate surface area is 178 Å². The first kappa shape index (κ1) is 20.8. The van der Waals surface area contributed by atoms with Gasteiger partial charge in [0.25, 0.3) is 5.91 Å². The molecule has 2 aromatic rings. The average Bonchev–Trinajstić information content (AvgIpc) is 3.02. The summed E-state index contributed by atoms with van der Waals surface area (Å²) >= 11 is 0. The van der Waals surface area contributed by atoms with Crippen LogP contribution in [0.3, 0.4) is 0 Å².